The van der Waals surface area contributed by atoms with E-state index in [9.17, 15) is 14.7 Å². The van der Waals surface area contributed by atoms with E-state index in [4.69, 9.17) is 9.47 Å². The summed E-state index contributed by atoms with van der Waals surface area (Å²) in [6.45, 7) is 4.68. The fraction of sp³-hybridized carbons (Fsp3) is 0.263. The zero-order valence-electron chi connectivity index (χ0n) is 26.7. The third-order valence-electron chi connectivity index (χ3n) is 8.64. The van der Waals surface area contributed by atoms with E-state index in [1.807, 2.05) is 55.5 Å². The molecule has 1 fully saturated rings. The van der Waals surface area contributed by atoms with Crippen molar-refractivity contribution in [3.05, 3.63) is 113 Å². The highest BCUT2D eigenvalue weighted by Crippen LogP contribution is 2.45. The number of unbranched alkanes of at least 4 members (excludes halogenated alkanes) is 2. The van der Waals surface area contributed by atoms with Crippen LogP contribution in [0.5, 0.6) is 11.5 Å². The number of benzene rings is 4. The van der Waals surface area contributed by atoms with Crippen LogP contribution in [0, 0.1) is 0 Å². The van der Waals surface area contributed by atoms with Crippen LogP contribution in [0.15, 0.2) is 94.8 Å². The number of carbonyl (C=O) groups excluding carboxylic acids is 2. The molecule has 48 heavy (non-hydrogen) atoms. The number of hydrogen-bond donors (Lipinski definition) is 1. The van der Waals surface area contributed by atoms with E-state index < -0.39 is 17.7 Å². The molecular formula is C38H35N3O5S2. The quantitative estimate of drug-likeness (QED) is 0.0371. The summed E-state index contributed by atoms with van der Waals surface area (Å²) in [7, 11) is 0. The Bertz CT molecular complexity index is 2030. The van der Waals surface area contributed by atoms with Gasteiger partial charge in [0.2, 0.25) is 5.13 Å². The van der Waals surface area contributed by atoms with Gasteiger partial charge in [-0.05, 0) is 71.1 Å². The summed E-state index contributed by atoms with van der Waals surface area (Å²) < 4.78 is 12.6. The first-order chi connectivity index (χ1) is 23.4. The first-order valence-corrected chi connectivity index (χ1v) is 18.0. The molecule has 4 aromatic carbocycles. The van der Waals surface area contributed by atoms with Crippen molar-refractivity contribution in [3.63, 3.8) is 0 Å². The van der Waals surface area contributed by atoms with Gasteiger partial charge in [-0.3, -0.25) is 14.5 Å². The number of carbonyl (C=O) groups is 2. The number of aromatic nitrogens is 2. The summed E-state index contributed by atoms with van der Waals surface area (Å²) in [5, 5.41) is 23.2. The number of ether oxygens (including phenoxy) is 2. The summed E-state index contributed by atoms with van der Waals surface area (Å²) in [6, 6.07) is 26.2. The maximum absolute atomic E-state index is 13.8. The van der Waals surface area contributed by atoms with E-state index in [-0.39, 0.29) is 22.6 Å². The molecule has 1 amide bonds. The molecule has 10 heteroatoms. The van der Waals surface area contributed by atoms with Crippen LogP contribution in [0.4, 0.5) is 5.13 Å². The number of thioether (sulfide) groups is 1. The van der Waals surface area contributed by atoms with Crippen LogP contribution in [0.25, 0.3) is 16.5 Å². The average molecular weight is 678 g/mol. The Morgan fingerprint density at radius 2 is 1.85 bits per heavy atom. The van der Waals surface area contributed by atoms with Gasteiger partial charge >= 0.3 is 5.91 Å². The second-order valence-electron chi connectivity index (χ2n) is 12.0. The molecule has 1 aromatic heterocycles. The van der Waals surface area contributed by atoms with Crippen molar-refractivity contribution < 1.29 is 24.2 Å². The fourth-order valence-electron chi connectivity index (χ4n) is 6.30. The number of aliphatic hydroxyl groups excluding tert-OH is 1. The Morgan fingerprint density at radius 1 is 1.02 bits per heavy atom. The molecule has 0 saturated carbocycles. The third kappa shape index (κ3) is 6.30. The summed E-state index contributed by atoms with van der Waals surface area (Å²) >= 11 is 2.78. The van der Waals surface area contributed by atoms with Gasteiger partial charge in [0.15, 0.2) is 4.34 Å². The molecule has 244 valence electrons. The maximum Gasteiger partial charge on any atom is 0.301 e. The van der Waals surface area contributed by atoms with Crippen LogP contribution in [-0.4, -0.2) is 39.7 Å². The number of amides is 1. The second-order valence-corrected chi connectivity index (χ2v) is 14.2. The van der Waals surface area contributed by atoms with E-state index >= 15 is 0 Å². The molecule has 0 unspecified atom stereocenters. The summed E-state index contributed by atoms with van der Waals surface area (Å²) in [6.07, 6.45) is 3.77. The molecule has 1 N–H and O–H groups in total. The summed E-state index contributed by atoms with van der Waals surface area (Å²) in [5.74, 6) is 0.254. The smallest absolute Gasteiger partial charge is 0.301 e. The van der Waals surface area contributed by atoms with E-state index in [0.29, 0.717) is 40.0 Å². The molecule has 0 spiro atoms. The van der Waals surface area contributed by atoms with E-state index in [0.717, 1.165) is 30.6 Å². The molecule has 2 aliphatic heterocycles. The fourth-order valence-corrected chi connectivity index (χ4v) is 8.17. The van der Waals surface area contributed by atoms with Gasteiger partial charge in [-0.1, -0.05) is 97.5 Å². The van der Waals surface area contributed by atoms with Gasteiger partial charge in [0.05, 0.1) is 18.2 Å². The lowest BCUT2D eigenvalue weighted by Gasteiger charge is -2.23. The lowest BCUT2D eigenvalue weighted by molar-refractivity contribution is -0.132. The van der Waals surface area contributed by atoms with Gasteiger partial charge in [-0.25, -0.2) is 0 Å². The Labute approximate surface area is 287 Å². The minimum atomic E-state index is -0.934. The molecule has 0 bridgehead atoms. The Balaban J connectivity index is 1.24. The van der Waals surface area contributed by atoms with Gasteiger partial charge < -0.3 is 14.6 Å². The van der Waals surface area contributed by atoms with Crippen LogP contribution >= 0.6 is 23.1 Å². The zero-order valence-corrected chi connectivity index (χ0v) is 28.4. The molecule has 2 aliphatic rings. The van der Waals surface area contributed by atoms with Crippen molar-refractivity contribution in [1.82, 2.24) is 10.2 Å². The molecule has 8 nitrogen and oxygen atoms in total. The zero-order chi connectivity index (χ0) is 33.2. The Hall–Kier alpha value is -4.67. The second kappa shape index (κ2) is 13.8. The number of anilines is 1. The largest absolute Gasteiger partial charge is 0.507 e. The SMILES string of the molecule is CCCCCOc1cccc([C@@H]2C(=C(O)c3ccc4c(c3)C[C@H](C)O4)C(=O)C(=O)N2c2nnc(SCc3cccc4ccccc34)s2)c1. The first-order valence-electron chi connectivity index (χ1n) is 16.2. The maximum atomic E-state index is 13.8. The van der Waals surface area contributed by atoms with E-state index in [1.54, 1.807) is 12.1 Å². The van der Waals surface area contributed by atoms with Crippen molar-refractivity contribution in [3.8, 4) is 11.5 Å². The van der Waals surface area contributed by atoms with Crippen molar-refractivity contribution in [2.45, 2.75) is 61.8 Å². The predicted molar refractivity (Wildman–Crippen MR) is 190 cm³/mol. The normalized spacial score (nSPS) is 18.3. The van der Waals surface area contributed by atoms with Gasteiger partial charge in [-0.2, -0.15) is 0 Å². The molecule has 2 atom stereocenters. The third-order valence-corrected chi connectivity index (χ3v) is 10.7. The van der Waals surface area contributed by atoms with Gasteiger partial charge in [0.25, 0.3) is 5.78 Å². The van der Waals surface area contributed by atoms with E-state index in [2.05, 4.69) is 41.4 Å². The van der Waals surface area contributed by atoms with Crippen LogP contribution in [-0.2, 0) is 21.8 Å². The highest BCUT2D eigenvalue weighted by molar-refractivity contribution is 8.00. The van der Waals surface area contributed by atoms with Gasteiger partial charge in [-0.15, -0.1) is 10.2 Å². The average Bonchev–Trinajstić information content (AvgIpc) is 3.80. The molecular weight excluding hydrogens is 643 g/mol. The number of ketones is 1. The van der Waals surface area contributed by atoms with Crippen LogP contribution in [0.3, 0.4) is 0 Å². The number of Topliss-reactive ketones (excluding diaryl/α,β-unsaturated/α-hetero) is 1. The van der Waals surface area contributed by atoms with Crippen LogP contribution < -0.4 is 14.4 Å². The van der Waals surface area contributed by atoms with E-state index in [1.165, 1.54) is 44.3 Å². The van der Waals surface area contributed by atoms with Gasteiger partial charge in [0, 0.05) is 17.7 Å². The molecule has 0 aliphatic carbocycles. The van der Waals surface area contributed by atoms with Gasteiger partial charge in [0.1, 0.15) is 23.4 Å². The topological polar surface area (TPSA) is 102 Å². The summed E-state index contributed by atoms with van der Waals surface area (Å²) in [5.41, 5.74) is 3.18. The Kier molecular flexibility index (Phi) is 9.19. The number of hydrogen-bond acceptors (Lipinski definition) is 9. The molecule has 5 aromatic rings. The highest BCUT2D eigenvalue weighted by Gasteiger charge is 2.48. The molecule has 1 saturated heterocycles. The Morgan fingerprint density at radius 3 is 2.73 bits per heavy atom. The number of rotatable bonds is 11. The highest BCUT2D eigenvalue weighted by atomic mass is 32.2. The minimum Gasteiger partial charge on any atom is -0.507 e. The van der Waals surface area contributed by atoms with Crippen molar-refractivity contribution >= 4 is 56.5 Å². The molecule has 0 radical (unpaired) electrons. The number of fused-ring (bicyclic) bond motifs is 2. The number of nitrogens with zero attached hydrogens (tertiary/aromatic N) is 3. The lowest BCUT2D eigenvalue weighted by atomic mass is 9.94. The molecule has 7 rings (SSSR count). The minimum absolute atomic E-state index is 0.00444. The lowest BCUT2D eigenvalue weighted by Crippen LogP contribution is -2.29. The predicted octanol–water partition coefficient (Wildman–Crippen LogP) is 8.50. The van der Waals surface area contributed by atoms with Crippen molar-refractivity contribution in [2.24, 2.45) is 0 Å². The first kappa shape index (κ1) is 31.9. The van der Waals surface area contributed by atoms with Crippen LogP contribution in [0.2, 0.25) is 0 Å². The standard InChI is InChI=1S/C38H35N3O5S2/c1-3-4-7-18-45-29-14-9-12-25(21-29)33-32(34(42)26-16-17-31-28(20-26)19-23(2)46-31)35(43)36(44)41(33)37-39-40-38(48-37)47-22-27-13-8-11-24-10-5-6-15-30(24)27/h5-6,8-17,20-21,23,33,42H,3-4,7,18-19,22H2,1-2H3/t23-,33+/m0/s1. The van der Waals surface area contributed by atoms with Crippen molar-refractivity contribution in [1.29, 1.82) is 0 Å². The van der Waals surface area contributed by atoms with Crippen molar-refractivity contribution in [2.75, 3.05) is 11.5 Å². The number of aliphatic hydroxyl groups is 1. The van der Waals surface area contributed by atoms with Crippen LogP contribution in [0.1, 0.15) is 61.4 Å². The monoisotopic (exact) mass is 677 g/mol. The summed E-state index contributed by atoms with van der Waals surface area (Å²) in [4.78, 5) is 29.0. The molecule has 3 heterocycles.